The highest BCUT2D eigenvalue weighted by Gasteiger charge is 2.13. The lowest BCUT2D eigenvalue weighted by Crippen LogP contribution is -2.15. The Bertz CT molecular complexity index is 754. The lowest BCUT2D eigenvalue weighted by Gasteiger charge is -2.18. The van der Waals surface area contributed by atoms with E-state index in [1.54, 1.807) is 18.2 Å². The zero-order chi connectivity index (χ0) is 15.5. The van der Waals surface area contributed by atoms with Crippen molar-refractivity contribution in [3.05, 3.63) is 65.2 Å². The van der Waals surface area contributed by atoms with Crippen LogP contribution in [0.5, 0.6) is 11.5 Å². The summed E-state index contributed by atoms with van der Waals surface area (Å²) < 4.78 is 37.1. The van der Waals surface area contributed by atoms with Crippen LogP contribution in [0.1, 0.15) is 15.9 Å². The predicted molar refractivity (Wildman–Crippen MR) is 77.2 cm³/mol. The average Bonchev–Trinajstić information content (AvgIpc) is 2.53. The number of rotatable bonds is 3. The first kappa shape index (κ1) is 14.3. The van der Waals surface area contributed by atoms with Gasteiger partial charge in [0.2, 0.25) is 0 Å². The first-order valence-electron chi connectivity index (χ1n) is 6.70. The molecule has 2 aromatic rings. The molecule has 0 N–H and O–H groups in total. The minimum Gasteiger partial charge on any atom is -0.486 e. The van der Waals surface area contributed by atoms with E-state index < -0.39 is 11.6 Å². The Labute approximate surface area is 125 Å². The molecular weight excluding hydrogens is 290 g/mol. The maximum atomic E-state index is 13.5. The van der Waals surface area contributed by atoms with Gasteiger partial charge in [-0.3, -0.25) is 4.79 Å². The van der Waals surface area contributed by atoms with Crippen molar-refractivity contribution in [3.63, 3.8) is 0 Å². The molecular formula is C17H12F2O3. The van der Waals surface area contributed by atoms with E-state index in [9.17, 15) is 13.6 Å². The number of carbonyl (C=O) groups is 1. The molecule has 0 bridgehead atoms. The summed E-state index contributed by atoms with van der Waals surface area (Å²) in [5.74, 6) is -0.574. The number of halogens is 2. The Balaban J connectivity index is 1.80. The second kappa shape index (κ2) is 5.97. The molecule has 0 radical (unpaired) electrons. The summed E-state index contributed by atoms with van der Waals surface area (Å²) in [5.41, 5.74) is 0.551. The summed E-state index contributed by atoms with van der Waals surface area (Å²) in [6, 6.07) is 8.04. The van der Waals surface area contributed by atoms with Gasteiger partial charge >= 0.3 is 0 Å². The fraction of sp³-hybridized carbons (Fsp3) is 0.118. The highest BCUT2D eigenvalue weighted by molar-refractivity contribution is 6.07. The van der Waals surface area contributed by atoms with Crippen LogP contribution in [0.3, 0.4) is 0 Å². The van der Waals surface area contributed by atoms with Crippen molar-refractivity contribution in [1.29, 1.82) is 0 Å². The van der Waals surface area contributed by atoms with Gasteiger partial charge in [0.05, 0.1) is 0 Å². The van der Waals surface area contributed by atoms with Crippen LogP contribution >= 0.6 is 0 Å². The van der Waals surface area contributed by atoms with Gasteiger partial charge in [0.15, 0.2) is 17.3 Å². The minimum atomic E-state index is -0.716. The van der Waals surface area contributed by atoms with Gasteiger partial charge in [0.1, 0.15) is 24.8 Å². The average molecular weight is 302 g/mol. The van der Waals surface area contributed by atoms with E-state index in [4.69, 9.17) is 9.47 Å². The first-order chi connectivity index (χ1) is 10.6. The molecule has 3 rings (SSSR count). The number of ketones is 1. The van der Waals surface area contributed by atoms with E-state index in [0.717, 1.165) is 12.1 Å². The van der Waals surface area contributed by atoms with Gasteiger partial charge in [-0.15, -0.1) is 0 Å². The van der Waals surface area contributed by atoms with Crippen molar-refractivity contribution < 1.29 is 23.0 Å². The third-order valence-corrected chi connectivity index (χ3v) is 3.20. The molecule has 0 saturated heterocycles. The first-order valence-corrected chi connectivity index (χ1v) is 6.70. The molecule has 112 valence electrons. The minimum absolute atomic E-state index is 0.146. The Kier molecular flexibility index (Phi) is 3.87. The molecule has 0 unspecified atom stereocenters. The number of hydrogen-bond donors (Lipinski definition) is 0. The van der Waals surface area contributed by atoms with Crippen LogP contribution in [-0.2, 0) is 0 Å². The summed E-state index contributed by atoms with van der Waals surface area (Å²) >= 11 is 0. The predicted octanol–water partition coefficient (Wildman–Crippen LogP) is 3.63. The van der Waals surface area contributed by atoms with Gasteiger partial charge in [-0.1, -0.05) is 0 Å². The highest BCUT2D eigenvalue weighted by Crippen LogP contribution is 2.31. The van der Waals surface area contributed by atoms with Crippen LogP contribution in [0, 0.1) is 11.6 Å². The van der Waals surface area contributed by atoms with Crippen molar-refractivity contribution in [3.8, 4) is 11.5 Å². The van der Waals surface area contributed by atoms with Crippen molar-refractivity contribution in [2.75, 3.05) is 13.2 Å². The van der Waals surface area contributed by atoms with Crippen LogP contribution in [0.25, 0.3) is 6.08 Å². The highest BCUT2D eigenvalue weighted by atomic mass is 19.1. The van der Waals surface area contributed by atoms with E-state index in [0.29, 0.717) is 30.3 Å². The SMILES string of the molecule is O=C(/C=C/c1ccc(F)cc1F)c1ccc2c(c1)OCCO2. The maximum absolute atomic E-state index is 13.5. The van der Waals surface area contributed by atoms with Crippen LogP contribution in [0.15, 0.2) is 42.5 Å². The Morgan fingerprint density at radius 1 is 1.00 bits per heavy atom. The zero-order valence-electron chi connectivity index (χ0n) is 11.5. The molecule has 0 spiro atoms. The molecule has 1 aliphatic heterocycles. The number of hydrogen-bond acceptors (Lipinski definition) is 3. The van der Waals surface area contributed by atoms with Gasteiger partial charge in [-0.05, 0) is 42.5 Å². The van der Waals surface area contributed by atoms with Gasteiger partial charge < -0.3 is 9.47 Å². The van der Waals surface area contributed by atoms with E-state index in [2.05, 4.69) is 0 Å². The van der Waals surface area contributed by atoms with Crippen LogP contribution < -0.4 is 9.47 Å². The smallest absolute Gasteiger partial charge is 0.185 e. The molecule has 5 heteroatoms. The zero-order valence-corrected chi connectivity index (χ0v) is 11.5. The quantitative estimate of drug-likeness (QED) is 0.641. The number of allylic oxidation sites excluding steroid dienone is 1. The molecule has 0 atom stereocenters. The fourth-order valence-corrected chi connectivity index (χ4v) is 2.09. The van der Waals surface area contributed by atoms with Crippen molar-refractivity contribution in [1.82, 2.24) is 0 Å². The topological polar surface area (TPSA) is 35.5 Å². The molecule has 2 aromatic carbocycles. The van der Waals surface area contributed by atoms with Crippen molar-refractivity contribution in [2.24, 2.45) is 0 Å². The van der Waals surface area contributed by atoms with Gasteiger partial charge in [0, 0.05) is 17.2 Å². The van der Waals surface area contributed by atoms with E-state index in [-0.39, 0.29) is 11.3 Å². The van der Waals surface area contributed by atoms with Gasteiger partial charge in [-0.25, -0.2) is 8.78 Å². The third-order valence-electron chi connectivity index (χ3n) is 3.20. The summed E-state index contributed by atoms with van der Waals surface area (Å²) in [6.45, 7) is 0.908. The van der Waals surface area contributed by atoms with Crippen molar-refractivity contribution >= 4 is 11.9 Å². The molecule has 0 aliphatic carbocycles. The van der Waals surface area contributed by atoms with Crippen LogP contribution in [-0.4, -0.2) is 19.0 Å². The summed E-state index contributed by atoms with van der Waals surface area (Å²) in [7, 11) is 0. The molecule has 0 aromatic heterocycles. The second-order valence-electron chi connectivity index (χ2n) is 4.72. The lowest BCUT2D eigenvalue weighted by atomic mass is 10.1. The number of carbonyl (C=O) groups excluding carboxylic acids is 1. The molecule has 1 heterocycles. The normalized spacial score (nSPS) is 13.4. The molecule has 1 aliphatic rings. The largest absolute Gasteiger partial charge is 0.486 e. The Morgan fingerprint density at radius 2 is 1.77 bits per heavy atom. The van der Waals surface area contributed by atoms with E-state index in [1.165, 1.54) is 18.2 Å². The molecule has 0 amide bonds. The van der Waals surface area contributed by atoms with E-state index in [1.807, 2.05) is 0 Å². The molecule has 0 saturated carbocycles. The van der Waals surface area contributed by atoms with Crippen LogP contribution in [0.2, 0.25) is 0 Å². The number of fused-ring (bicyclic) bond motifs is 1. The monoisotopic (exact) mass is 302 g/mol. The molecule has 22 heavy (non-hydrogen) atoms. The molecule has 0 fully saturated rings. The second-order valence-corrected chi connectivity index (χ2v) is 4.72. The Hall–Kier alpha value is -2.69. The van der Waals surface area contributed by atoms with Gasteiger partial charge in [-0.2, -0.15) is 0 Å². The number of benzene rings is 2. The van der Waals surface area contributed by atoms with Gasteiger partial charge in [0.25, 0.3) is 0 Å². The Morgan fingerprint density at radius 3 is 2.55 bits per heavy atom. The number of ether oxygens (including phenoxy) is 2. The van der Waals surface area contributed by atoms with Crippen LogP contribution in [0.4, 0.5) is 8.78 Å². The summed E-state index contributed by atoms with van der Waals surface area (Å²) in [6.07, 6.45) is 2.55. The summed E-state index contributed by atoms with van der Waals surface area (Å²) in [4.78, 5) is 12.1. The van der Waals surface area contributed by atoms with Crippen molar-refractivity contribution in [2.45, 2.75) is 0 Å². The third kappa shape index (κ3) is 2.98. The maximum Gasteiger partial charge on any atom is 0.185 e. The standard InChI is InChI=1S/C17H12F2O3/c18-13-4-1-11(14(19)10-13)2-5-15(20)12-3-6-16-17(9-12)22-8-7-21-16/h1-6,9-10H,7-8H2/b5-2+. The molecule has 3 nitrogen and oxygen atoms in total. The lowest BCUT2D eigenvalue weighted by molar-refractivity contribution is 0.104. The summed E-state index contributed by atoms with van der Waals surface area (Å²) in [5, 5.41) is 0. The van der Waals surface area contributed by atoms with E-state index >= 15 is 0 Å². The fourth-order valence-electron chi connectivity index (χ4n) is 2.09.